The molecule has 3 aliphatic rings. The van der Waals surface area contributed by atoms with Gasteiger partial charge in [-0.15, -0.1) is 0 Å². The second-order valence-corrected chi connectivity index (χ2v) is 10.9. The molecule has 2 aromatic carbocycles. The Labute approximate surface area is 222 Å². The fourth-order valence-electron chi connectivity index (χ4n) is 5.02. The summed E-state index contributed by atoms with van der Waals surface area (Å²) in [7, 11) is 0. The Morgan fingerprint density at radius 2 is 1.92 bits per heavy atom. The lowest BCUT2D eigenvalue weighted by atomic mass is 10.00. The largest absolute Gasteiger partial charge is 0.489 e. The molecular formula is C28H35ClN4O4. The molecule has 2 atom stereocenters. The van der Waals surface area contributed by atoms with Crippen LogP contribution < -0.4 is 20.5 Å². The maximum atomic E-state index is 13.2. The predicted molar refractivity (Wildman–Crippen MR) is 143 cm³/mol. The molecule has 1 aliphatic carbocycles. The van der Waals surface area contributed by atoms with Crippen LogP contribution in [-0.2, 0) is 11.3 Å². The topological polar surface area (TPSA) is 94.1 Å². The number of carbonyl (C=O) groups excluding carboxylic acids is 2. The van der Waals surface area contributed by atoms with Crippen molar-refractivity contribution in [2.45, 2.75) is 70.4 Å². The van der Waals surface area contributed by atoms with Crippen molar-refractivity contribution in [2.75, 3.05) is 24.6 Å². The third-order valence-corrected chi connectivity index (χ3v) is 7.53. The van der Waals surface area contributed by atoms with E-state index in [0.717, 1.165) is 50.0 Å². The highest BCUT2D eigenvalue weighted by atomic mass is 35.5. The molecule has 37 heavy (non-hydrogen) atoms. The Hall–Kier alpha value is -2.65. The summed E-state index contributed by atoms with van der Waals surface area (Å²) in [6.07, 6.45) is 3.37. The number of Topliss-reactive ketones (excluding diaryl/α,β-unsaturated/α-hetero) is 1. The van der Waals surface area contributed by atoms with E-state index in [1.165, 1.54) is 0 Å². The van der Waals surface area contributed by atoms with Crippen molar-refractivity contribution in [3.63, 3.8) is 0 Å². The Morgan fingerprint density at radius 3 is 2.59 bits per heavy atom. The lowest BCUT2D eigenvalue weighted by molar-refractivity contribution is -0.118. The lowest BCUT2D eigenvalue weighted by Gasteiger charge is -2.29. The predicted octanol–water partition coefficient (Wildman–Crippen LogP) is 3.61. The standard InChI is InChI=1S/C28H35ClN4O4/c1-17(2)33-24-14-19(5-6-20(24)15-30-33)27(35)28(36)31-23(16-32-11-3-4-12-32)26(34)18-7-10-25(22(29)13-18)37-21-8-9-21/h5-7,10,13-14,17,21,23,26,30,34H,3-4,8-9,11-12,15-16H2,1-2H3,(H,31,36)/t23-,26-/m1/s1. The van der Waals surface area contributed by atoms with E-state index >= 15 is 0 Å². The summed E-state index contributed by atoms with van der Waals surface area (Å²) in [5.74, 6) is -0.759. The summed E-state index contributed by atoms with van der Waals surface area (Å²) in [5, 5.41) is 16.6. The number of aliphatic hydroxyl groups excluding tert-OH is 1. The average molecular weight is 527 g/mol. The number of anilines is 1. The van der Waals surface area contributed by atoms with Crippen molar-refractivity contribution in [3.05, 3.63) is 58.1 Å². The number of nitrogens with one attached hydrogen (secondary N) is 2. The van der Waals surface area contributed by atoms with Crippen molar-refractivity contribution in [3.8, 4) is 5.75 Å². The number of carbonyl (C=O) groups is 2. The molecule has 0 radical (unpaired) electrons. The van der Waals surface area contributed by atoms with Gasteiger partial charge in [-0.05, 0) is 81.9 Å². The highest BCUT2D eigenvalue weighted by Gasteiger charge is 2.31. The first-order valence-electron chi connectivity index (χ1n) is 13.2. The van der Waals surface area contributed by atoms with Gasteiger partial charge in [0.05, 0.1) is 22.9 Å². The molecule has 0 unspecified atom stereocenters. The molecule has 0 aromatic heterocycles. The number of hydrogen-bond donors (Lipinski definition) is 3. The van der Waals surface area contributed by atoms with Crippen LogP contribution >= 0.6 is 11.6 Å². The third kappa shape index (κ3) is 5.93. The summed E-state index contributed by atoms with van der Waals surface area (Å²) in [6, 6.07) is 10.1. The van der Waals surface area contributed by atoms with Crippen LogP contribution in [0.1, 0.15) is 67.1 Å². The van der Waals surface area contributed by atoms with Crippen LogP contribution in [-0.4, -0.2) is 59.5 Å². The average Bonchev–Trinajstić information content (AvgIpc) is 3.36. The van der Waals surface area contributed by atoms with E-state index in [4.69, 9.17) is 16.3 Å². The minimum Gasteiger partial charge on any atom is -0.489 e. The van der Waals surface area contributed by atoms with Crippen molar-refractivity contribution < 1.29 is 19.4 Å². The van der Waals surface area contributed by atoms with Gasteiger partial charge in [-0.3, -0.25) is 9.59 Å². The minimum absolute atomic E-state index is 0.202. The Morgan fingerprint density at radius 1 is 1.16 bits per heavy atom. The summed E-state index contributed by atoms with van der Waals surface area (Å²) < 4.78 is 5.81. The number of likely N-dealkylation sites (tertiary alicyclic amines) is 1. The van der Waals surface area contributed by atoms with E-state index in [2.05, 4.69) is 29.5 Å². The minimum atomic E-state index is -1.04. The molecule has 9 heteroatoms. The van der Waals surface area contributed by atoms with E-state index in [1.54, 1.807) is 30.3 Å². The highest BCUT2D eigenvalue weighted by molar-refractivity contribution is 6.43. The van der Waals surface area contributed by atoms with Crippen molar-refractivity contribution >= 4 is 29.0 Å². The number of ether oxygens (including phenoxy) is 1. The quantitative estimate of drug-likeness (QED) is 0.321. The molecule has 1 amide bonds. The zero-order valence-corrected chi connectivity index (χ0v) is 22.1. The zero-order chi connectivity index (χ0) is 26.1. The second kappa shape index (κ2) is 11.0. The number of nitrogens with zero attached hydrogens (tertiary/aromatic N) is 2. The maximum absolute atomic E-state index is 13.2. The van der Waals surface area contributed by atoms with Gasteiger partial charge in [0.1, 0.15) is 11.9 Å². The normalized spacial score (nSPS) is 19.1. The fraction of sp³-hybridized carbons (Fsp3) is 0.500. The van der Waals surface area contributed by atoms with Gasteiger partial charge in [0.25, 0.3) is 5.91 Å². The van der Waals surface area contributed by atoms with Crippen LogP contribution in [0.25, 0.3) is 0 Å². The van der Waals surface area contributed by atoms with Crippen LogP contribution in [0.4, 0.5) is 5.69 Å². The first-order valence-corrected chi connectivity index (χ1v) is 13.6. The zero-order valence-electron chi connectivity index (χ0n) is 21.4. The number of halogens is 1. The van der Waals surface area contributed by atoms with Crippen LogP contribution in [0, 0.1) is 0 Å². The smallest absolute Gasteiger partial charge is 0.292 e. The van der Waals surface area contributed by atoms with Crippen molar-refractivity contribution in [1.29, 1.82) is 0 Å². The van der Waals surface area contributed by atoms with Gasteiger partial charge in [0.15, 0.2) is 0 Å². The molecule has 2 heterocycles. The number of ketones is 1. The summed E-state index contributed by atoms with van der Waals surface area (Å²) in [5.41, 5.74) is 6.19. The van der Waals surface area contributed by atoms with Gasteiger partial charge in [-0.2, -0.15) is 0 Å². The monoisotopic (exact) mass is 526 g/mol. The van der Waals surface area contributed by atoms with Crippen LogP contribution in [0.5, 0.6) is 5.75 Å². The number of benzene rings is 2. The number of amides is 1. The molecular weight excluding hydrogens is 492 g/mol. The van der Waals surface area contributed by atoms with Crippen molar-refractivity contribution in [1.82, 2.24) is 15.6 Å². The molecule has 2 aromatic rings. The lowest BCUT2D eigenvalue weighted by Crippen LogP contribution is -2.48. The molecule has 0 bridgehead atoms. The molecule has 0 spiro atoms. The summed E-state index contributed by atoms with van der Waals surface area (Å²) in [6.45, 7) is 7.03. The van der Waals surface area contributed by atoms with E-state index in [1.807, 2.05) is 11.1 Å². The molecule has 2 aliphatic heterocycles. The molecule has 5 rings (SSSR count). The van der Waals surface area contributed by atoms with E-state index in [-0.39, 0.29) is 12.1 Å². The van der Waals surface area contributed by atoms with Crippen LogP contribution in [0.3, 0.4) is 0 Å². The number of hydrogen-bond acceptors (Lipinski definition) is 7. The summed E-state index contributed by atoms with van der Waals surface area (Å²) in [4.78, 5) is 28.5. The molecule has 8 nitrogen and oxygen atoms in total. The van der Waals surface area contributed by atoms with Gasteiger partial charge < -0.3 is 25.1 Å². The van der Waals surface area contributed by atoms with Gasteiger partial charge in [-0.25, -0.2) is 5.43 Å². The molecule has 2 fully saturated rings. The van der Waals surface area contributed by atoms with Gasteiger partial charge in [0, 0.05) is 24.7 Å². The molecule has 1 saturated carbocycles. The van der Waals surface area contributed by atoms with Crippen LogP contribution in [0.15, 0.2) is 36.4 Å². The van der Waals surface area contributed by atoms with E-state index in [9.17, 15) is 14.7 Å². The molecule has 198 valence electrons. The Kier molecular flexibility index (Phi) is 7.72. The molecule has 1 saturated heterocycles. The summed E-state index contributed by atoms with van der Waals surface area (Å²) >= 11 is 6.44. The number of fused-ring (bicyclic) bond motifs is 1. The Balaban J connectivity index is 1.33. The SMILES string of the molecule is CC(C)N1NCc2ccc(C(=O)C(=O)N[C@H](CN3CCCC3)[C@H](O)c3ccc(OC4CC4)c(Cl)c3)cc21. The maximum Gasteiger partial charge on any atom is 0.292 e. The van der Waals surface area contributed by atoms with Crippen molar-refractivity contribution in [2.24, 2.45) is 0 Å². The van der Waals surface area contributed by atoms with E-state index in [0.29, 0.717) is 35.0 Å². The van der Waals surface area contributed by atoms with Gasteiger partial charge >= 0.3 is 0 Å². The fourth-order valence-corrected chi connectivity index (χ4v) is 5.26. The number of hydrazine groups is 1. The van der Waals surface area contributed by atoms with Gasteiger partial charge in [0.2, 0.25) is 5.78 Å². The second-order valence-electron chi connectivity index (χ2n) is 10.5. The number of rotatable bonds is 10. The Bertz CT molecular complexity index is 1160. The third-order valence-electron chi connectivity index (χ3n) is 7.24. The first kappa shape index (κ1) is 26.0. The van der Waals surface area contributed by atoms with E-state index < -0.39 is 23.8 Å². The first-order chi connectivity index (χ1) is 17.8. The van der Waals surface area contributed by atoms with Gasteiger partial charge in [-0.1, -0.05) is 29.8 Å². The highest BCUT2D eigenvalue weighted by Crippen LogP contribution is 2.34. The number of aliphatic hydroxyl groups is 1. The molecule has 3 N–H and O–H groups in total. The van der Waals surface area contributed by atoms with Crippen LogP contribution in [0.2, 0.25) is 5.02 Å².